The molecule has 1 fully saturated rings. The van der Waals surface area contributed by atoms with Gasteiger partial charge in [-0.15, -0.1) is 0 Å². The lowest BCUT2D eigenvalue weighted by Crippen LogP contribution is -2.47. The normalized spacial score (nSPS) is 18.6. The van der Waals surface area contributed by atoms with E-state index >= 15 is 0 Å². The van der Waals surface area contributed by atoms with Gasteiger partial charge in [0.1, 0.15) is 0 Å². The SMILES string of the molecule is CCCc1ccc(S(=O)(=O)N2CCCN(C(C)=O)c3ccccc3CN(C3CCN(Cc4ccccc4)CC3)CC2)cc1. The Labute approximate surface area is 258 Å². The van der Waals surface area contributed by atoms with Crippen LogP contribution in [-0.4, -0.2) is 73.7 Å². The quantitative estimate of drug-likeness (QED) is 0.355. The van der Waals surface area contributed by atoms with Gasteiger partial charge in [0.2, 0.25) is 15.9 Å². The van der Waals surface area contributed by atoms with Gasteiger partial charge >= 0.3 is 0 Å². The molecule has 5 rings (SSSR count). The van der Waals surface area contributed by atoms with E-state index in [0.29, 0.717) is 50.1 Å². The van der Waals surface area contributed by atoms with Crippen LogP contribution in [0.25, 0.3) is 0 Å². The van der Waals surface area contributed by atoms with Crippen LogP contribution in [-0.2, 0) is 34.3 Å². The lowest BCUT2D eigenvalue weighted by Gasteiger charge is -2.39. The number of fused-ring (bicyclic) bond motifs is 1. The summed E-state index contributed by atoms with van der Waals surface area (Å²) in [5.74, 6) is -0.0200. The lowest BCUT2D eigenvalue weighted by atomic mass is 10.0. The molecule has 0 aliphatic carbocycles. The predicted octanol–water partition coefficient (Wildman–Crippen LogP) is 5.55. The molecule has 1 saturated heterocycles. The van der Waals surface area contributed by atoms with Gasteiger partial charge in [0, 0.05) is 57.9 Å². The molecule has 0 saturated carbocycles. The van der Waals surface area contributed by atoms with E-state index in [4.69, 9.17) is 0 Å². The molecule has 8 heteroatoms. The predicted molar refractivity (Wildman–Crippen MR) is 173 cm³/mol. The minimum absolute atomic E-state index is 0.0200. The number of carbonyl (C=O) groups is 1. The Balaban J connectivity index is 1.38. The number of nitrogens with zero attached hydrogens (tertiary/aromatic N) is 4. The second-order valence-corrected chi connectivity index (χ2v) is 13.9. The standard InChI is InChI=1S/C35H46N4O3S/c1-3-10-30-15-17-34(18-16-30)43(41,42)38-21-9-22-39(29(2)40)35-14-8-7-13-32(35)28-37(25-26-38)33-19-23-36(24-20-33)27-31-11-5-4-6-12-31/h4-8,11-18,33H,3,9-10,19-28H2,1-2H3. The van der Waals surface area contributed by atoms with Gasteiger partial charge in [-0.2, -0.15) is 4.31 Å². The number of likely N-dealkylation sites (tertiary alicyclic amines) is 1. The van der Waals surface area contributed by atoms with Crippen molar-refractivity contribution in [1.82, 2.24) is 14.1 Å². The van der Waals surface area contributed by atoms with Crippen LogP contribution in [0.3, 0.4) is 0 Å². The molecule has 3 aromatic rings. The molecule has 0 bridgehead atoms. The zero-order chi connectivity index (χ0) is 30.2. The molecule has 2 heterocycles. The van der Waals surface area contributed by atoms with E-state index in [1.807, 2.05) is 35.2 Å². The van der Waals surface area contributed by atoms with Crippen LogP contribution in [0.15, 0.2) is 83.8 Å². The second-order valence-electron chi connectivity index (χ2n) is 11.9. The summed E-state index contributed by atoms with van der Waals surface area (Å²) < 4.78 is 29.6. The van der Waals surface area contributed by atoms with Crippen molar-refractivity contribution in [1.29, 1.82) is 0 Å². The van der Waals surface area contributed by atoms with Crippen molar-refractivity contribution >= 4 is 21.6 Å². The van der Waals surface area contributed by atoms with Crippen LogP contribution in [0.4, 0.5) is 5.69 Å². The van der Waals surface area contributed by atoms with Gasteiger partial charge in [0.05, 0.1) is 4.90 Å². The molecule has 43 heavy (non-hydrogen) atoms. The molecule has 0 unspecified atom stereocenters. The summed E-state index contributed by atoms with van der Waals surface area (Å²) in [6.07, 6.45) is 4.58. The van der Waals surface area contributed by atoms with E-state index in [1.165, 1.54) is 5.56 Å². The van der Waals surface area contributed by atoms with Gasteiger partial charge in [-0.3, -0.25) is 14.6 Å². The van der Waals surface area contributed by atoms with Gasteiger partial charge in [-0.1, -0.05) is 74.0 Å². The summed E-state index contributed by atoms with van der Waals surface area (Å²) in [4.78, 5) is 20.0. The topological polar surface area (TPSA) is 64.2 Å². The van der Waals surface area contributed by atoms with E-state index in [2.05, 4.69) is 53.1 Å². The van der Waals surface area contributed by atoms with E-state index in [1.54, 1.807) is 23.4 Å². The zero-order valence-corrected chi connectivity index (χ0v) is 26.5. The van der Waals surface area contributed by atoms with Crippen molar-refractivity contribution in [2.24, 2.45) is 0 Å². The lowest BCUT2D eigenvalue weighted by molar-refractivity contribution is -0.116. The molecule has 0 N–H and O–H groups in total. The van der Waals surface area contributed by atoms with Crippen LogP contribution in [0.2, 0.25) is 0 Å². The molecular weight excluding hydrogens is 556 g/mol. The number of anilines is 1. The number of rotatable bonds is 7. The monoisotopic (exact) mass is 602 g/mol. The average molecular weight is 603 g/mol. The number of aryl methyl sites for hydroxylation is 1. The van der Waals surface area contributed by atoms with Crippen molar-refractivity contribution in [3.05, 3.63) is 95.6 Å². The first-order valence-corrected chi connectivity index (χ1v) is 17.2. The number of hydrogen-bond acceptors (Lipinski definition) is 5. The first-order valence-electron chi connectivity index (χ1n) is 15.8. The Morgan fingerprint density at radius 1 is 0.791 bits per heavy atom. The molecule has 1 amide bonds. The van der Waals surface area contributed by atoms with E-state index in [0.717, 1.165) is 62.1 Å². The Hall–Kier alpha value is -3.04. The number of amides is 1. The molecule has 0 aromatic heterocycles. The molecule has 2 aliphatic heterocycles. The first-order chi connectivity index (χ1) is 20.8. The molecule has 7 nitrogen and oxygen atoms in total. The van der Waals surface area contributed by atoms with Crippen LogP contribution < -0.4 is 4.90 Å². The highest BCUT2D eigenvalue weighted by Gasteiger charge is 2.30. The van der Waals surface area contributed by atoms with Crippen molar-refractivity contribution in [2.75, 3.05) is 44.2 Å². The molecule has 230 valence electrons. The summed E-state index contributed by atoms with van der Waals surface area (Å²) >= 11 is 0. The summed E-state index contributed by atoms with van der Waals surface area (Å²) in [5, 5.41) is 0. The van der Waals surface area contributed by atoms with E-state index in [9.17, 15) is 13.2 Å². The minimum atomic E-state index is -3.68. The average Bonchev–Trinajstić information content (AvgIpc) is 3.05. The molecule has 0 radical (unpaired) electrons. The minimum Gasteiger partial charge on any atom is -0.312 e. The second kappa shape index (κ2) is 14.6. The van der Waals surface area contributed by atoms with Gasteiger partial charge in [0.15, 0.2) is 0 Å². The zero-order valence-electron chi connectivity index (χ0n) is 25.7. The third-order valence-electron chi connectivity index (χ3n) is 8.88. The van der Waals surface area contributed by atoms with Gasteiger partial charge in [-0.25, -0.2) is 8.42 Å². The Morgan fingerprint density at radius 3 is 2.19 bits per heavy atom. The fourth-order valence-corrected chi connectivity index (χ4v) is 7.98. The number of benzene rings is 3. The third kappa shape index (κ3) is 7.92. The summed E-state index contributed by atoms with van der Waals surface area (Å²) in [6.45, 7) is 9.28. The van der Waals surface area contributed by atoms with Crippen LogP contribution in [0, 0.1) is 0 Å². The molecule has 0 atom stereocenters. The van der Waals surface area contributed by atoms with Crippen molar-refractivity contribution in [3.63, 3.8) is 0 Å². The summed E-state index contributed by atoms with van der Waals surface area (Å²) in [7, 11) is -3.68. The van der Waals surface area contributed by atoms with Crippen LogP contribution in [0.5, 0.6) is 0 Å². The number of para-hydroxylation sites is 1. The van der Waals surface area contributed by atoms with Crippen LogP contribution in [0.1, 0.15) is 56.2 Å². The largest absolute Gasteiger partial charge is 0.312 e. The maximum absolute atomic E-state index is 14.0. The molecular formula is C35H46N4O3S. The van der Waals surface area contributed by atoms with Crippen molar-refractivity contribution in [2.45, 2.75) is 70.0 Å². The number of carbonyl (C=O) groups excluding carboxylic acids is 1. The third-order valence-corrected chi connectivity index (χ3v) is 10.8. The first kappa shape index (κ1) is 31.4. The van der Waals surface area contributed by atoms with Gasteiger partial charge in [-0.05, 0) is 73.7 Å². The van der Waals surface area contributed by atoms with E-state index < -0.39 is 10.0 Å². The van der Waals surface area contributed by atoms with Gasteiger partial charge in [0.25, 0.3) is 0 Å². The van der Waals surface area contributed by atoms with Crippen LogP contribution >= 0.6 is 0 Å². The smallest absolute Gasteiger partial charge is 0.243 e. The van der Waals surface area contributed by atoms with Crippen molar-refractivity contribution in [3.8, 4) is 0 Å². The van der Waals surface area contributed by atoms with E-state index in [-0.39, 0.29) is 5.91 Å². The molecule has 2 aliphatic rings. The number of hydrogen-bond donors (Lipinski definition) is 0. The maximum Gasteiger partial charge on any atom is 0.243 e. The van der Waals surface area contributed by atoms with Gasteiger partial charge < -0.3 is 4.90 Å². The fraction of sp³-hybridized carbons (Fsp3) is 0.457. The molecule has 3 aromatic carbocycles. The Bertz CT molecular complexity index is 1440. The Morgan fingerprint density at radius 2 is 1.49 bits per heavy atom. The fourth-order valence-electron chi connectivity index (χ4n) is 6.51. The summed E-state index contributed by atoms with van der Waals surface area (Å²) in [6, 6.07) is 26.5. The highest BCUT2D eigenvalue weighted by atomic mass is 32.2. The molecule has 0 spiro atoms. The maximum atomic E-state index is 14.0. The number of sulfonamides is 1. The Kier molecular flexibility index (Phi) is 10.7. The number of piperidine rings is 1. The van der Waals surface area contributed by atoms with Crippen molar-refractivity contribution < 1.29 is 13.2 Å². The summed E-state index contributed by atoms with van der Waals surface area (Å²) in [5.41, 5.74) is 4.54. The highest BCUT2D eigenvalue weighted by molar-refractivity contribution is 7.89. The highest BCUT2D eigenvalue weighted by Crippen LogP contribution is 2.28.